The van der Waals surface area contributed by atoms with Crippen LogP contribution in [0.4, 0.5) is 0 Å². The van der Waals surface area contributed by atoms with E-state index in [1.165, 1.54) is 0 Å². The number of hydrogen-bond acceptors (Lipinski definition) is 6. The van der Waals surface area contributed by atoms with Crippen molar-refractivity contribution in [2.45, 2.75) is 134 Å². The maximum atomic E-state index is 12.3. The topological polar surface area (TPSA) is 74.2 Å². The quantitative estimate of drug-likeness (QED) is 0.193. The molecule has 0 aromatic heterocycles. The summed E-state index contributed by atoms with van der Waals surface area (Å²) in [5, 5.41) is 12.1. The second-order valence-corrected chi connectivity index (χ2v) is 24.6. The molecule has 2 aliphatic carbocycles. The molecule has 2 bridgehead atoms. The van der Waals surface area contributed by atoms with Gasteiger partial charge in [0.05, 0.1) is 18.1 Å². The minimum Gasteiger partial charge on any atom is -0.459 e. The van der Waals surface area contributed by atoms with Crippen LogP contribution in [-0.4, -0.2) is 64.8 Å². The van der Waals surface area contributed by atoms with Crippen molar-refractivity contribution in [2.24, 2.45) is 11.3 Å². The first-order chi connectivity index (χ1) is 15.5. The van der Waals surface area contributed by atoms with Crippen molar-refractivity contribution in [3.8, 4) is 0 Å². The second kappa shape index (κ2) is 9.90. The number of fused-ring (bicyclic) bond motifs is 3. The van der Waals surface area contributed by atoms with Crippen molar-refractivity contribution in [1.82, 2.24) is 0 Å². The van der Waals surface area contributed by atoms with Gasteiger partial charge in [-0.3, -0.25) is 4.79 Å². The Kier molecular flexibility index (Phi) is 8.24. The normalized spacial score (nSPS) is 37.1. The number of aliphatic hydroxyl groups is 1. The number of rotatable bonds is 8. The van der Waals surface area contributed by atoms with E-state index in [-0.39, 0.29) is 47.4 Å². The lowest BCUT2D eigenvalue weighted by Gasteiger charge is -2.55. The first-order valence-electron chi connectivity index (χ1n) is 13.2. The molecule has 0 amide bonds. The van der Waals surface area contributed by atoms with Crippen LogP contribution in [0.25, 0.3) is 0 Å². The van der Waals surface area contributed by atoms with Crippen LogP contribution in [-0.2, 0) is 23.4 Å². The van der Waals surface area contributed by atoms with E-state index in [1.807, 2.05) is 0 Å². The van der Waals surface area contributed by atoms with Gasteiger partial charge in [-0.15, -0.1) is 0 Å². The van der Waals surface area contributed by atoms with Gasteiger partial charge in [-0.1, -0.05) is 47.3 Å². The van der Waals surface area contributed by atoms with Crippen LogP contribution >= 0.6 is 0 Å². The van der Waals surface area contributed by atoms with E-state index in [1.54, 1.807) is 0 Å². The summed E-state index contributed by atoms with van der Waals surface area (Å²) in [6.45, 7) is 21.3. The van der Waals surface area contributed by atoms with Gasteiger partial charge in [-0.2, -0.15) is 0 Å². The molecule has 0 unspecified atom stereocenters. The summed E-state index contributed by atoms with van der Waals surface area (Å²) in [4.78, 5) is 12.3. The fourth-order valence-corrected chi connectivity index (χ4v) is 7.87. The fraction of sp³-hybridized carbons (Fsp3) is 0.962. The van der Waals surface area contributed by atoms with Crippen LogP contribution in [0.5, 0.6) is 0 Å². The predicted molar refractivity (Wildman–Crippen MR) is 140 cm³/mol. The van der Waals surface area contributed by atoms with Crippen molar-refractivity contribution < 1.29 is 28.5 Å². The highest BCUT2D eigenvalue weighted by molar-refractivity contribution is 6.76. The summed E-state index contributed by atoms with van der Waals surface area (Å²) in [6, 6.07) is 1.09. The summed E-state index contributed by atoms with van der Waals surface area (Å²) in [7, 11) is -3.21. The Labute approximate surface area is 209 Å². The summed E-state index contributed by atoms with van der Waals surface area (Å²) < 4.78 is 24.9. The standard InChI is InChI=1S/C26H50O6Si2/c1-24(2,3)34(8,9)32-20-11-12-25(4)17-26(20,28)13-10-19-16-21(27)31-22(19)23(25)30-18-29-14-15-33(5,6)7/h19-20,22-23,28H,10-18H2,1-9H3/t19-,20+,22+,23-,25+,26-/m0/s1. The van der Waals surface area contributed by atoms with E-state index in [0.29, 0.717) is 25.9 Å². The molecule has 0 spiro atoms. The van der Waals surface area contributed by atoms with Crippen LogP contribution < -0.4 is 0 Å². The molecule has 0 aromatic carbocycles. The van der Waals surface area contributed by atoms with Crippen LogP contribution in [0.2, 0.25) is 43.8 Å². The van der Waals surface area contributed by atoms with Gasteiger partial charge in [0.25, 0.3) is 0 Å². The van der Waals surface area contributed by atoms with E-state index in [2.05, 4.69) is 60.4 Å². The summed E-state index contributed by atoms with van der Waals surface area (Å²) >= 11 is 0. The number of esters is 1. The highest BCUT2D eigenvalue weighted by Gasteiger charge is 2.59. The molecule has 3 fully saturated rings. The van der Waals surface area contributed by atoms with E-state index in [9.17, 15) is 9.90 Å². The van der Waals surface area contributed by atoms with Crippen LogP contribution in [0.1, 0.15) is 66.2 Å². The lowest BCUT2D eigenvalue weighted by Crippen LogP contribution is -2.61. The first-order valence-corrected chi connectivity index (χ1v) is 19.9. The van der Waals surface area contributed by atoms with E-state index < -0.39 is 22.0 Å². The second-order valence-electron chi connectivity index (χ2n) is 14.2. The summed E-state index contributed by atoms with van der Waals surface area (Å²) in [5.41, 5.74) is -1.22. The number of carbonyl (C=O) groups excluding carboxylic acids is 1. The zero-order valence-corrected chi connectivity index (χ0v) is 25.2. The van der Waals surface area contributed by atoms with Crippen molar-refractivity contribution >= 4 is 22.4 Å². The molecule has 0 aromatic rings. The van der Waals surface area contributed by atoms with Crippen LogP contribution in [0.15, 0.2) is 0 Å². The number of hydrogen-bond donors (Lipinski definition) is 1. The average molecular weight is 515 g/mol. The van der Waals surface area contributed by atoms with E-state index in [4.69, 9.17) is 18.6 Å². The Balaban J connectivity index is 1.78. The molecule has 1 aliphatic heterocycles. The van der Waals surface area contributed by atoms with Gasteiger partial charge >= 0.3 is 5.97 Å². The Morgan fingerprint density at radius 3 is 2.41 bits per heavy atom. The van der Waals surface area contributed by atoms with Crippen molar-refractivity contribution in [2.75, 3.05) is 13.4 Å². The lowest BCUT2D eigenvalue weighted by atomic mass is 9.59. The molecule has 6 atom stereocenters. The molecule has 34 heavy (non-hydrogen) atoms. The fourth-order valence-electron chi connectivity index (χ4n) is 5.71. The van der Waals surface area contributed by atoms with Crippen LogP contribution in [0.3, 0.4) is 0 Å². The zero-order chi connectivity index (χ0) is 25.6. The summed E-state index contributed by atoms with van der Waals surface area (Å²) in [6.07, 6.45) is 3.33. The number of carbonyl (C=O) groups is 1. The third kappa shape index (κ3) is 6.35. The van der Waals surface area contributed by atoms with Crippen LogP contribution in [0, 0.1) is 11.3 Å². The molecular formula is C26H50O6Si2. The maximum Gasteiger partial charge on any atom is 0.306 e. The maximum absolute atomic E-state index is 12.3. The molecule has 1 saturated heterocycles. The Hall–Kier alpha value is -0.256. The molecule has 198 valence electrons. The zero-order valence-electron chi connectivity index (χ0n) is 23.2. The Bertz CT molecular complexity index is 730. The predicted octanol–water partition coefficient (Wildman–Crippen LogP) is 5.72. The molecule has 1 heterocycles. The third-order valence-electron chi connectivity index (χ3n) is 8.95. The monoisotopic (exact) mass is 514 g/mol. The lowest BCUT2D eigenvalue weighted by molar-refractivity contribution is -0.220. The highest BCUT2D eigenvalue weighted by atomic mass is 28.4. The van der Waals surface area contributed by atoms with E-state index in [0.717, 1.165) is 25.3 Å². The minimum absolute atomic E-state index is 0.0669. The summed E-state index contributed by atoms with van der Waals surface area (Å²) in [5.74, 6) is -0.0818. The van der Waals surface area contributed by atoms with Gasteiger partial charge < -0.3 is 23.7 Å². The minimum atomic E-state index is -2.04. The molecule has 8 heteroatoms. The van der Waals surface area contributed by atoms with Gasteiger partial charge in [-0.25, -0.2) is 0 Å². The average Bonchev–Trinajstić information content (AvgIpc) is 3.03. The third-order valence-corrected chi connectivity index (χ3v) is 15.1. The van der Waals surface area contributed by atoms with Gasteiger partial charge in [-0.05, 0) is 56.3 Å². The Morgan fingerprint density at radius 1 is 1.12 bits per heavy atom. The molecule has 0 radical (unpaired) electrons. The van der Waals surface area contributed by atoms with Gasteiger partial charge in [0.2, 0.25) is 0 Å². The highest BCUT2D eigenvalue weighted by Crippen LogP contribution is 2.54. The smallest absolute Gasteiger partial charge is 0.306 e. The molecule has 2 saturated carbocycles. The van der Waals surface area contributed by atoms with Gasteiger partial charge in [0.15, 0.2) is 8.32 Å². The van der Waals surface area contributed by atoms with Gasteiger partial charge in [0.1, 0.15) is 19.0 Å². The molecule has 3 aliphatic rings. The molecule has 6 nitrogen and oxygen atoms in total. The van der Waals surface area contributed by atoms with Gasteiger partial charge in [0, 0.05) is 26.0 Å². The Morgan fingerprint density at radius 2 is 1.79 bits per heavy atom. The SMILES string of the molecule is CC(C)(C)[Si](C)(C)O[C@@H]1CC[C@]2(C)C[C@@]1(O)CC[C@H]1CC(=O)O[C@H]1[C@@H]2OCOCC[Si](C)(C)C. The molecule has 3 rings (SSSR count). The molecular weight excluding hydrogens is 464 g/mol. The van der Waals surface area contributed by atoms with Crippen molar-refractivity contribution in [3.63, 3.8) is 0 Å². The van der Waals surface area contributed by atoms with E-state index >= 15 is 0 Å². The first kappa shape index (κ1) is 28.3. The van der Waals surface area contributed by atoms with Crippen molar-refractivity contribution in [3.05, 3.63) is 0 Å². The number of ether oxygens (including phenoxy) is 3. The molecule has 1 N–H and O–H groups in total. The largest absolute Gasteiger partial charge is 0.459 e. The van der Waals surface area contributed by atoms with Crippen molar-refractivity contribution in [1.29, 1.82) is 0 Å².